The van der Waals surface area contributed by atoms with Crippen LogP contribution in [0.15, 0.2) is 48.8 Å². The normalized spacial score (nSPS) is 14.4. The Morgan fingerprint density at radius 3 is 2.67 bits per heavy atom. The van der Waals surface area contributed by atoms with E-state index in [1.807, 2.05) is 24.3 Å². The molecular weight excluding hydrogens is 366 g/mol. The highest BCUT2D eigenvalue weighted by Crippen LogP contribution is 2.21. The Morgan fingerprint density at radius 1 is 1.07 bits per heavy atom. The minimum atomic E-state index is -0.634. The van der Waals surface area contributed by atoms with Crippen LogP contribution in [0.25, 0.3) is 11.0 Å². The SMILES string of the molecule is O=C(Nc1ccc2nc[nH]c2c1)C(=O)N1CCN(c2cccc(Cl)c2)CC1. The van der Waals surface area contributed by atoms with Crippen LogP contribution in [-0.2, 0) is 9.59 Å². The molecule has 2 amide bonds. The predicted molar refractivity (Wildman–Crippen MR) is 105 cm³/mol. The third kappa shape index (κ3) is 3.73. The van der Waals surface area contributed by atoms with E-state index in [1.165, 1.54) is 0 Å². The lowest BCUT2D eigenvalue weighted by atomic mass is 10.2. The molecule has 1 saturated heterocycles. The van der Waals surface area contributed by atoms with Crippen molar-refractivity contribution in [1.82, 2.24) is 14.9 Å². The molecule has 0 spiro atoms. The van der Waals surface area contributed by atoms with Gasteiger partial charge in [0.2, 0.25) is 0 Å². The molecule has 1 fully saturated rings. The fraction of sp³-hybridized carbons (Fsp3) is 0.211. The molecule has 2 heterocycles. The number of piperazine rings is 1. The highest BCUT2D eigenvalue weighted by Gasteiger charge is 2.26. The molecule has 27 heavy (non-hydrogen) atoms. The highest BCUT2D eigenvalue weighted by atomic mass is 35.5. The zero-order valence-electron chi connectivity index (χ0n) is 14.5. The van der Waals surface area contributed by atoms with Crippen molar-refractivity contribution in [3.63, 3.8) is 0 Å². The van der Waals surface area contributed by atoms with Gasteiger partial charge in [0.25, 0.3) is 0 Å². The first-order chi connectivity index (χ1) is 13.1. The number of aromatic nitrogens is 2. The molecule has 1 aromatic heterocycles. The quantitative estimate of drug-likeness (QED) is 0.666. The second kappa shape index (κ2) is 7.28. The number of imidazole rings is 1. The number of anilines is 2. The molecule has 0 saturated carbocycles. The molecule has 3 aromatic rings. The summed E-state index contributed by atoms with van der Waals surface area (Å²) in [5.74, 6) is -1.16. The topological polar surface area (TPSA) is 81.3 Å². The molecule has 8 heteroatoms. The van der Waals surface area contributed by atoms with Crippen molar-refractivity contribution in [2.45, 2.75) is 0 Å². The van der Waals surface area contributed by atoms with Crippen molar-refractivity contribution in [2.24, 2.45) is 0 Å². The molecule has 1 aliphatic heterocycles. The van der Waals surface area contributed by atoms with Gasteiger partial charge >= 0.3 is 11.8 Å². The van der Waals surface area contributed by atoms with E-state index in [9.17, 15) is 9.59 Å². The standard InChI is InChI=1S/C19H18ClN5O2/c20-13-2-1-3-15(10-13)24-6-8-25(9-7-24)19(27)18(26)23-14-4-5-16-17(11-14)22-12-21-16/h1-5,10-12H,6-9H2,(H,21,22)(H,23,26). The Labute approximate surface area is 160 Å². The van der Waals surface area contributed by atoms with E-state index in [2.05, 4.69) is 20.2 Å². The van der Waals surface area contributed by atoms with Gasteiger partial charge in [-0.1, -0.05) is 17.7 Å². The van der Waals surface area contributed by atoms with Crippen molar-refractivity contribution >= 4 is 45.8 Å². The smallest absolute Gasteiger partial charge is 0.313 e. The maximum atomic E-state index is 12.5. The highest BCUT2D eigenvalue weighted by molar-refractivity contribution is 6.39. The molecule has 2 N–H and O–H groups in total. The third-order valence-electron chi connectivity index (χ3n) is 4.61. The van der Waals surface area contributed by atoms with E-state index in [1.54, 1.807) is 29.4 Å². The molecule has 4 rings (SSSR count). The number of aromatic amines is 1. The lowest BCUT2D eigenvalue weighted by Crippen LogP contribution is -2.51. The lowest BCUT2D eigenvalue weighted by Gasteiger charge is -2.35. The number of nitrogens with zero attached hydrogens (tertiary/aromatic N) is 3. The van der Waals surface area contributed by atoms with E-state index in [4.69, 9.17) is 11.6 Å². The summed E-state index contributed by atoms with van der Waals surface area (Å²) >= 11 is 6.04. The molecule has 1 aliphatic rings. The number of hydrogen-bond donors (Lipinski definition) is 2. The van der Waals surface area contributed by atoms with E-state index < -0.39 is 11.8 Å². The molecule has 0 unspecified atom stereocenters. The average molecular weight is 384 g/mol. The lowest BCUT2D eigenvalue weighted by molar-refractivity contribution is -0.143. The minimum absolute atomic E-state index is 0.484. The van der Waals surface area contributed by atoms with Crippen LogP contribution in [0.1, 0.15) is 0 Å². The average Bonchev–Trinajstić information content (AvgIpc) is 3.15. The number of rotatable bonds is 2. The molecular formula is C19H18ClN5O2. The molecule has 138 valence electrons. The first-order valence-corrected chi connectivity index (χ1v) is 9.02. The Hall–Kier alpha value is -3.06. The summed E-state index contributed by atoms with van der Waals surface area (Å²) in [6.45, 7) is 2.27. The third-order valence-corrected chi connectivity index (χ3v) is 4.85. The van der Waals surface area contributed by atoms with E-state index in [-0.39, 0.29) is 0 Å². The van der Waals surface area contributed by atoms with Crippen LogP contribution in [-0.4, -0.2) is 52.9 Å². The van der Waals surface area contributed by atoms with Gasteiger partial charge in [0, 0.05) is 42.6 Å². The van der Waals surface area contributed by atoms with E-state index >= 15 is 0 Å². The van der Waals surface area contributed by atoms with Crippen molar-refractivity contribution in [1.29, 1.82) is 0 Å². The zero-order valence-corrected chi connectivity index (χ0v) is 15.2. The Morgan fingerprint density at radius 2 is 1.89 bits per heavy atom. The second-order valence-electron chi connectivity index (χ2n) is 6.35. The predicted octanol–water partition coefficient (Wildman–Crippen LogP) is 2.50. The first kappa shape index (κ1) is 17.4. The van der Waals surface area contributed by atoms with Gasteiger partial charge in [-0.25, -0.2) is 4.98 Å². The molecule has 0 radical (unpaired) electrons. The molecule has 0 bridgehead atoms. The van der Waals surface area contributed by atoms with Crippen LogP contribution >= 0.6 is 11.6 Å². The number of carbonyl (C=O) groups is 2. The number of amides is 2. The van der Waals surface area contributed by atoms with Crippen LogP contribution in [0, 0.1) is 0 Å². The van der Waals surface area contributed by atoms with Crippen molar-refractivity contribution in [2.75, 3.05) is 36.4 Å². The summed E-state index contributed by atoms with van der Waals surface area (Å²) in [6, 6.07) is 12.9. The number of H-pyrrole nitrogens is 1. The van der Waals surface area contributed by atoms with E-state index in [0.29, 0.717) is 36.9 Å². The summed E-state index contributed by atoms with van der Waals surface area (Å²) < 4.78 is 0. The number of fused-ring (bicyclic) bond motifs is 1. The summed E-state index contributed by atoms with van der Waals surface area (Å²) in [5, 5.41) is 3.34. The minimum Gasteiger partial charge on any atom is -0.368 e. The molecule has 0 atom stereocenters. The first-order valence-electron chi connectivity index (χ1n) is 8.64. The van der Waals surface area contributed by atoms with Gasteiger partial charge in [-0.2, -0.15) is 0 Å². The maximum Gasteiger partial charge on any atom is 0.313 e. The van der Waals surface area contributed by atoms with Gasteiger partial charge in [0.15, 0.2) is 0 Å². The van der Waals surface area contributed by atoms with Gasteiger partial charge in [-0.15, -0.1) is 0 Å². The fourth-order valence-corrected chi connectivity index (χ4v) is 3.37. The number of carbonyl (C=O) groups excluding carboxylic acids is 2. The number of hydrogen-bond acceptors (Lipinski definition) is 4. The Balaban J connectivity index is 1.36. The van der Waals surface area contributed by atoms with Gasteiger partial charge in [0.05, 0.1) is 17.4 Å². The molecule has 7 nitrogen and oxygen atoms in total. The van der Waals surface area contributed by atoms with E-state index in [0.717, 1.165) is 16.7 Å². The van der Waals surface area contributed by atoms with Gasteiger partial charge in [-0.05, 0) is 36.4 Å². The molecule has 2 aromatic carbocycles. The van der Waals surface area contributed by atoms with Crippen LogP contribution < -0.4 is 10.2 Å². The zero-order chi connectivity index (χ0) is 18.8. The van der Waals surface area contributed by atoms with Crippen molar-refractivity contribution in [3.05, 3.63) is 53.8 Å². The van der Waals surface area contributed by atoms with Gasteiger partial charge < -0.3 is 20.1 Å². The molecule has 0 aliphatic carbocycles. The summed E-state index contributed by atoms with van der Waals surface area (Å²) in [4.78, 5) is 35.6. The van der Waals surface area contributed by atoms with Gasteiger partial charge in [-0.3, -0.25) is 9.59 Å². The second-order valence-corrected chi connectivity index (χ2v) is 6.78. The van der Waals surface area contributed by atoms with Crippen LogP contribution in [0.3, 0.4) is 0 Å². The summed E-state index contributed by atoms with van der Waals surface area (Å²) in [7, 11) is 0. The number of halogens is 1. The summed E-state index contributed by atoms with van der Waals surface area (Å²) in [5.41, 5.74) is 3.18. The van der Waals surface area contributed by atoms with Crippen molar-refractivity contribution in [3.8, 4) is 0 Å². The van der Waals surface area contributed by atoms with Crippen LogP contribution in [0.5, 0.6) is 0 Å². The fourth-order valence-electron chi connectivity index (χ4n) is 3.18. The Kier molecular flexibility index (Phi) is 4.68. The number of benzene rings is 2. The Bertz CT molecular complexity index is 994. The van der Waals surface area contributed by atoms with Crippen LogP contribution in [0.4, 0.5) is 11.4 Å². The maximum absolute atomic E-state index is 12.5. The van der Waals surface area contributed by atoms with Crippen molar-refractivity contribution < 1.29 is 9.59 Å². The largest absolute Gasteiger partial charge is 0.368 e. The van der Waals surface area contributed by atoms with Gasteiger partial charge in [0.1, 0.15) is 0 Å². The van der Waals surface area contributed by atoms with Crippen LogP contribution in [0.2, 0.25) is 5.02 Å². The summed E-state index contributed by atoms with van der Waals surface area (Å²) in [6.07, 6.45) is 1.58. The monoisotopic (exact) mass is 383 g/mol. The number of nitrogens with one attached hydrogen (secondary N) is 2.